The molecule has 0 aromatic carbocycles. The molecule has 0 saturated heterocycles. The standard InChI is InChI=1S/C7H5ClN4O/c8-7-10-6(9)5-2-1-4(3-13)12(5)11-7/h1-3H,(H2,9,10,11). The number of halogens is 1. The number of nitrogen functional groups attached to an aromatic ring is 1. The molecule has 0 saturated carbocycles. The lowest BCUT2D eigenvalue weighted by Gasteiger charge is -1.98. The molecule has 2 heterocycles. The quantitative estimate of drug-likeness (QED) is 0.684. The molecule has 5 nitrogen and oxygen atoms in total. The Labute approximate surface area is 78.1 Å². The Morgan fingerprint density at radius 1 is 1.54 bits per heavy atom. The third-order valence-electron chi connectivity index (χ3n) is 1.66. The van der Waals surface area contributed by atoms with Crippen molar-refractivity contribution in [3.05, 3.63) is 23.1 Å². The van der Waals surface area contributed by atoms with Gasteiger partial charge in [0.2, 0.25) is 5.28 Å². The van der Waals surface area contributed by atoms with E-state index >= 15 is 0 Å². The summed E-state index contributed by atoms with van der Waals surface area (Å²) in [6, 6.07) is 3.26. The van der Waals surface area contributed by atoms with E-state index in [-0.39, 0.29) is 11.1 Å². The molecule has 0 atom stereocenters. The number of rotatable bonds is 1. The third-order valence-corrected chi connectivity index (χ3v) is 1.82. The van der Waals surface area contributed by atoms with Crippen molar-refractivity contribution in [1.29, 1.82) is 0 Å². The number of aromatic nitrogens is 3. The van der Waals surface area contributed by atoms with Crippen molar-refractivity contribution in [2.75, 3.05) is 5.73 Å². The van der Waals surface area contributed by atoms with Crippen LogP contribution in [0.5, 0.6) is 0 Å². The van der Waals surface area contributed by atoms with Gasteiger partial charge in [-0.25, -0.2) is 4.52 Å². The zero-order chi connectivity index (χ0) is 9.42. The molecule has 0 aliphatic carbocycles. The number of nitrogens with two attached hydrogens (primary N) is 1. The number of hydrogen-bond donors (Lipinski definition) is 1. The van der Waals surface area contributed by atoms with Gasteiger partial charge in [0.05, 0.1) is 0 Å². The van der Waals surface area contributed by atoms with E-state index in [2.05, 4.69) is 10.1 Å². The van der Waals surface area contributed by atoms with Gasteiger partial charge in [-0.1, -0.05) is 0 Å². The third kappa shape index (κ3) is 1.13. The normalized spacial score (nSPS) is 10.5. The Bertz CT molecular complexity index is 479. The van der Waals surface area contributed by atoms with Crippen LogP contribution in [0, 0.1) is 0 Å². The van der Waals surface area contributed by atoms with Gasteiger partial charge in [0.1, 0.15) is 11.2 Å². The number of nitrogens with zero attached hydrogens (tertiary/aromatic N) is 3. The van der Waals surface area contributed by atoms with Crippen molar-refractivity contribution in [3.8, 4) is 0 Å². The summed E-state index contributed by atoms with van der Waals surface area (Å²) in [5, 5.41) is 3.84. The molecule has 0 aliphatic rings. The van der Waals surface area contributed by atoms with Crippen LogP contribution in [-0.4, -0.2) is 20.9 Å². The van der Waals surface area contributed by atoms with Crippen molar-refractivity contribution in [3.63, 3.8) is 0 Å². The SMILES string of the molecule is Nc1nc(Cl)nn2c(C=O)ccc12. The average Bonchev–Trinajstić information content (AvgIpc) is 2.47. The van der Waals surface area contributed by atoms with Gasteiger partial charge in [-0.2, -0.15) is 4.98 Å². The predicted molar refractivity (Wildman–Crippen MR) is 47.8 cm³/mol. The molecule has 0 radical (unpaired) electrons. The number of carbonyl (C=O) groups excluding carboxylic acids is 1. The van der Waals surface area contributed by atoms with Crippen LogP contribution in [0.3, 0.4) is 0 Å². The Morgan fingerprint density at radius 2 is 2.31 bits per heavy atom. The molecule has 6 heteroatoms. The lowest BCUT2D eigenvalue weighted by Crippen LogP contribution is -2.02. The van der Waals surface area contributed by atoms with Gasteiger partial charge < -0.3 is 5.73 Å². The lowest BCUT2D eigenvalue weighted by molar-refractivity contribution is 0.111. The second-order valence-electron chi connectivity index (χ2n) is 2.44. The highest BCUT2D eigenvalue weighted by molar-refractivity contribution is 6.28. The van der Waals surface area contributed by atoms with Crippen molar-refractivity contribution >= 4 is 29.2 Å². The number of aldehydes is 1. The minimum absolute atomic E-state index is 0.0179. The van der Waals surface area contributed by atoms with Crippen molar-refractivity contribution in [1.82, 2.24) is 14.6 Å². The highest BCUT2D eigenvalue weighted by Crippen LogP contribution is 2.14. The largest absolute Gasteiger partial charge is 0.382 e. The molecule has 0 fully saturated rings. The van der Waals surface area contributed by atoms with E-state index in [9.17, 15) is 4.79 Å². The summed E-state index contributed by atoms with van der Waals surface area (Å²) in [5.74, 6) is 0.258. The minimum Gasteiger partial charge on any atom is -0.382 e. The molecule has 0 spiro atoms. The van der Waals surface area contributed by atoms with Crippen LogP contribution in [0.4, 0.5) is 5.82 Å². The summed E-state index contributed by atoms with van der Waals surface area (Å²) in [7, 11) is 0. The van der Waals surface area contributed by atoms with Gasteiger partial charge >= 0.3 is 0 Å². The van der Waals surface area contributed by atoms with Crippen LogP contribution in [-0.2, 0) is 0 Å². The van der Waals surface area contributed by atoms with Crippen LogP contribution >= 0.6 is 11.6 Å². The molecule has 0 amide bonds. The summed E-state index contributed by atoms with van der Waals surface area (Å²) < 4.78 is 1.36. The zero-order valence-electron chi connectivity index (χ0n) is 6.44. The van der Waals surface area contributed by atoms with Gasteiger partial charge in [-0.05, 0) is 23.7 Å². The second kappa shape index (κ2) is 2.70. The van der Waals surface area contributed by atoms with Gasteiger partial charge in [0.25, 0.3) is 0 Å². The molecule has 2 aromatic heterocycles. The van der Waals surface area contributed by atoms with Crippen LogP contribution in [0.15, 0.2) is 12.1 Å². The Balaban J connectivity index is 2.89. The van der Waals surface area contributed by atoms with E-state index in [0.29, 0.717) is 17.5 Å². The van der Waals surface area contributed by atoms with E-state index in [1.165, 1.54) is 4.52 Å². The Hall–Kier alpha value is -1.62. The molecular formula is C7H5ClN4O. The fourth-order valence-corrected chi connectivity index (χ4v) is 1.27. The zero-order valence-corrected chi connectivity index (χ0v) is 7.19. The molecule has 0 bridgehead atoms. The summed E-state index contributed by atoms with van der Waals surface area (Å²) in [6.07, 6.45) is 0.676. The maximum atomic E-state index is 10.5. The molecular weight excluding hydrogens is 192 g/mol. The Morgan fingerprint density at radius 3 is 3.00 bits per heavy atom. The summed E-state index contributed by atoms with van der Waals surface area (Å²) in [6.45, 7) is 0. The molecule has 0 aliphatic heterocycles. The predicted octanol–water partition coefficient (Wildman–Crippen LogP) is 0.777. The highest BCUT2D eigenvalue weighted by Gasteiger charge is 2.06. The van der Waals surface area contributed by atoms with E-state index in [1.807, 2.05) is 0 Å². The monoisotopic (exact) mass is 196 g/mol. The average molecular weight is 197 g/mol. The first-order valence-corrected chi connectivity index (χ1v) is 3.86. The summed E-state index contributed by atoms with van der Waals surface area (Å²) in [4.78, 5) is 14.3. The van der Waals surface area contributed by atoms with Gasteiger partial charge in [-0.3, -0.25) is 4.79 Å². The van der Waals surface area contributed by atoms with Crippen molar-refractivity contribution in [2.45, 2.75) is 0 Å². The van der Waals surface area contributed by atoms with Crippen molar-refractivity contribution < 1.29 is 4.79 Å². The smallest absolute Gasteiger partial charge is 0.243 e. The topological polar surface area (TPSA) is 73.3 Å². The van der Waals surface area contributed by atoms with Gasteiger partial charge in [0, 0.05) is 0 Å². The minimum atomic E-state index is 0.0179. The first kappa shape index (κ1) is 8.00. The van der Waals surface area contributed by atoms with E-state index in [4.69, 9.17) is 17.3 Å². The number of anilines is 1. The number of fused-ring (bicyclic) bond motifs is 1. The maximum Gasteiger partial charge on any atom is 0.243 e. The molecule has 2 rings (SSSR count). The molecule has 2 aromatic rings. The molecule has 2 N–H and O–H groups in total. The highest BCUT2D eigenvalue weighted by atomic mass is 35.5. The number of hydrogen-bond acceptors (Lipinski definition) is 4. The molecule has 0 unspecified atom stereocenters. The Kier molecular flexibility index (Phi) is 1.66. The van der Waals surface area contributed by atoms with Crippen LogP contribution in [0.2, 0.25) is 5.28 Å². The van der Waals surface area contributed by atoms with E-state index < -0.39 is 0 Å². The van der Waals surface area contributed by atoms with Crippen LogP contribution in [0.25, 0.3) is 5.52 Å². The summed E-state index contributed by atoms with van der Waals surface area (Å²) in [5.41, 5.74) is 6.52. The van der Waals surface area contributed by atoms with Gasteiger partial charge in [-0.15, -0.1) is 5.10 Å². The molecule has 13 heavy (non-hydrogen) atoms. The van der Waals surface area contributed by atoms with E-state index in [0.717, 1.165) is 0 Å². The van der Waals surface area contributed by atoms with Crippen molar-refractivity contribution in [2.24, 2.45) is 0 Å². The first-order chi connectivity index (χ1) is 6.22. The van der Waals surface area contributed by atoms with E-state index in [1.54, 1.807) is 12.1 Å². The number of carbonyl (C=O) groups is 1. The summed E-state index contributed by atoms with van der Waals surface area (Å²) >= 11 is 5.57. The van der Waals surface area contributed by atoms with Crippen LogP contribution < -0.4 is 5.73 Å². The fraction of sp³-hybridized carbons (Fsp3) is 0. The lowest BCUT2D eigenvalue weighted by atomic mass is 10.5. The molecule has 66 valence electrons. The fourth-order valence-electron chi connectivity index (χ4n) is 1.10. The second-order valence-corrected chi connectivity index (χ2v) is 2.78. The first-order valence-electron chi connectivity index (χ1n) is 3.48. The van der Waals surface area contributed by atoms with Gasteiger partial charge in [0.15, 0.2) is 12.1 Å². The van der Waals surface area contributed by atoms with Crippen LogP contribution in [0.1, 0.15) is 10.5 Å². The maximum absolute atomic E-state index is 10.5.